The molecular formula is C17H17N3O4S. The molecule has 1 saturated heterocycles. The minimum atomic E-state index is -0.509. The first-order valence-corrected chi connectivity index (χ1v) is 8.75. The number of hydrogen-bond acceptors (Lipinski definition) is 6. The number of hydrogen-bond donors (Lipinski definition) is 0. The number of amides is 1. The fourth-order valence-corrected chi connectivity index (χ4v) is 3.42. The van der Waals surface area contributed by atoms with Crippen molar-refractivity contribution < 1.29 is 14.5 Å². The third kappa shape index (κ3) is 4.09. The number of nitrogens with zero attached hydrogens (tertiary/aromatic N) is 3. The van der Waals surface area contributed by atoms with Crippen LogP contribution in [0.4, 0.5) is 5.69 Å². The summed E-state index contributed by atoms with van der Waals surface area (Å²) in [5.74, 6) is -0.124. The van der Waals surface area contributed by atoms with E-state index in [0.717, 1.165) is 4.88 Å². The summed E-state index contributed by atoms with van der Waals surface area (Å²) < 4.78 is 0. The maximum absolute atomic E-state index is 12.5. The second-order valence-corrected chi connectivity index (χ2v) is 6.72. The SMILES string of the molecule is O=C(CN1CCN(C(=O)c2cccc([N+](=O)[O-])c2)CC1)c1cccs1. The average molecular weight is 359 g/mol. The Labute approximate surface area is 148 Å². The molecule has 7 nitrogen and oxygen atoms in total. The van der Waals surface area contributed by atoms with Crippen LogP contribution in [0, 0.1) is 10.1 Å². The summed E-state index contributed by atoms with van der Waals surface area (Å²) in [6, 6.07) is 9.44. The number of ketones is 1. The minimum Gasteiger partial charge on any atom is -0.336 e. The smallest absolute Gasteiger partial charge is 0.270 e. The number of Topliss-reactive ketones (excluding diaryl/α,β-unsaturated/α-hetero) is 1. The summed E-state index contributed by atoms with van der Waals surface area (Å²) in [5, 5.41) is 12.7. The highest BCUT2D eigenvalue weighted by atomic mass is 32.1. The quantitative estimate of drug-likeness (QED) is 0.465. The predicted octanol–water partition coefficient (Wildman–Crippen LogP) is 2.30. The van der Waals surface area contributed by atoms with E-state index in [1.165, 1.54) is 29.5 Å². The van der Waals surface area contributed by atoms with E-state index in [1.807, 2.05) is 22.4 Å². The molecule has 0 aliphatic carbocycles. The van der Waals surface area contributed by atoms with Crippen LogP contribution in [0.2, 0.25) is 0 Å². The van der Waals surface area contributed by atoms with Crippen LogP contribution in [0.1, 0.15) is 20.0 Å². The number of piperazine rings is 1. The largest absolute Gasteiger partial charge is 0.336 e. The van der Waals surface area contributed by atoms with Crippen LogP contribution >= 0.6 is 11.3 Å². The van der Waals surface area contributed by atoms with E-state index < -0.39 is 4.92 Å². The molecule has 0 bridgehead atoms. The van der Waals surface area contributed by atoms with E-state index in [2.05, 4.69) is 0 Å². The van der Waals surface area contributed by atoms with Gasteiger partial charge in [-0.3, -0.25) is 24.6 Å². The molecule has 0 radical (unpaired) electrons. The van der Waals surface area contributed by atoms with Gasteiger partial charge in [-0.2, -0.15) is 0 Å². The zero-order chi connectivity index (χ0) is 17.8. The van der Waals surface area contributed by atoms with E-state index >= 15 is 0 Å². The lowest BCUT2D eigenvalue weighted by molar-refractivity contribution is -0.384. The van der Waals surface area contributed by atoms with Crippen LogP contribution in [-0.2, 0) is 0 Å². The second-order valence-electron chi connectivity index (χ2n) is 5.78. The molecule has 2 aromatic rings. The Hall–Kier alpha value is -2.58. The molecule has 1 aliphatic rings. The van der Waals surface area contributed by atoms with Gasteiger partial charge in [-0.25, -0.2) is 0 Å². The van der Waals surface area contributed by atoms with Crippen molar-refractivity contribution in [2.24, 2.45) is 0 Å². The van der Waals surface area contributed by atoms with Crippen LogP contribution in [0.25, 0.3) is 0 Å². The highest BCUT2D eigenvalue weighted by Gasteiger charge is 2.24. The number of nitro groups is 1. The summed E-state index contributed by atoms with van der Waals surface area (Å²) >= 11 is 1.43. The van der Waals surface area contributed by atoms with Crippen molar-refractivity contribution in [3.05, 3.63) is 62.3 Å². The van der Waals surface area contributed by atoms with Crippen molar-refractivity contribution in [3.8, 4) is 0 Å². The first-order valence-electron chi connectivity index (χ1n) is 7.87. The molecule has 0 spiro atoms. The third-order valence-electron chi connectivity index (χ3n) is 4.13. The third-order valence-corrected chi connectivity index (χ3v) is 5.04. The summed E-state index contributed by atoms with van der Waals surface area (Å²) in [5.41, 5.74) is 0.225. The van der Waals surface area contributed by atoms with Gasteiger partial charge in [-0.1, -0.05) is 12.1 Å². The van der Waals surface area contributed by atoms with Gasteiger partial charge in [0.25, 0.3) is 11.6 Å². The lowest BCUT2D eigenvalue weighted by Crippen LogP contribution is -2.49. The second kappa shape index (κ2) is 7.54. The average Bonchev–Trinajstić information content (AvgIpc) is 3.17. The molecule has 0 atom stereocenters. The fraction of sp³-hybridized carbons (Fsp3) is 0.294. The summed E-state index contributed by atoms with van der Waals surface area (Å²) in [7, 11) is 0. The van der Waals surface area contributed by atoms with E-state index in [0.29, 0.717) is 38.3 Å². The van der Waals surface area contributed by atoms with Crippen LogP contribution < -0.4 is 0 Å². The Bertz CT molecular complexity index is 783. The number of rotatable bonds is 5. The van der Waals surface area contributed by atoms with Gasteiger partial charge in [-0.15, -0.1) is 11.3 Å². The van der Waals surface area contributed by atoms with Crippen molar-refractivity contribution in [2.45, 2.75) is 0 Å². The van der Waals surface area contributed by atoms with Gasteiger partial charge in [0.05, 0.1) is 16.3 Å². The maximum atomic E-state index is 12.5. The molecule has 1 aromatic carbocycles. The first-order chi connectivity index (χ1) is 12.0. The fourth-order valence-electron chi connectivity index (χ4n) is 2.76. The molecule has 0 N–H and O–H groups in total. The summed E-state index contributed by atoms with van der Waals surface area (Å²) in [6.07, 6.45) is 0. The van der Waals surface area contributed by atoms with Gasteiger partial charge in [0, 0.05) is 43.9 Å². The van der Waals surface area contributed by atoms with Crippen molar-refractivity contribution >= 4 is 28.7 Å². The van der Waals surface area contributed by atoms with Gasteiger partial charge < -0.3 is 4.90 Å². The van der Waals surface area contributed by atoms with Gasteiger partial charge in [0.15, 0.2) is 5.78 Å². The monoisotopic (exact) mass is 359 g/mol. The molecule has 2 heterocycles. The molecule has 0 unspecified atom stereocenters. The Morgan fingerprint density at radius 3 is 2.52 bits per heavy atom. The van der Waals surface area contributed by atoms with Crippen molar-refractivity contribution in [2.75, 3.05) is 32.7 Å². The van der Waals surface area contributed by atoms with Crippen LogP contribution in [0.15, 0.2) is 41.8 Å². The summed E-state index contributed by atoms with van der Waals surface area (Å²) in [6.45, 7) is 2.56. The standard InChI is InChI=1S/C17H17N3O4S/c21-15(16-5-2-10-25-16)12-18-6-8-19(9-7-18)17(22)13-3-1-4-14(11-13)20(23)24/h1-5,10-11H,6-9,12H2. The minimum absolute atomic E-state index is 0.0912. The number of carbonyl (C=O) groups excluding carboxylic acids is 2. The zero-order valence-corrected chi connectivity index (χ0v) is 14.3. The van der Waals surface area contributed by atoms with Crippen LogP contribution in [0.5, 0.6) is 0 Å². The van der Waals surface area contributed by atoms with Gasteiger partial charge >= 0.3 is 0 Å². The molecule has 0 saturated carbocycles. The maximum Gasteiger partial charge on any atom is 0.270 e. The molecule has 3 rings (SSSR count). The number of thiophene rings is 1. The van der Waals surface area contributed by atoms with Crippen LogP contribution in [-0.4, -0.2) is 59.1 Å². The molecule has 1 aromatic heterocycles. The number of carbonyl (C=O) groups is 2. The number of non-ortho nitro benzene ring substituents is 1. The van der Waals surface area contributed by atoms with E-state index in [-0.39, 0.29) is 17.4 Å². The van der Waals surface area contributed by atoms with Crippen molar-refractivity contribution in [1.29, 1.82) is 0 Å². The molecule has 1 aliphatic heterocycles. The van der Waals surface area contributed by atoms with E-state index in [9.17, 15) is 19.7 Å². The van der Waals surface area contributed by atoms with Crippen molar-refractivity contribution in [3.63, 3.8) is 0 Å². The topological polar surface area (TPSA) is 83.8 Å². The Kier molecular flexibility index (Phi) is 5.20. The summed E-state index contributed by atoms with van der Waals surface area (Å²) in [4.78, 5) is 39.4. The molecule has 8 heteroatoms. The highest BCUT2D eigenvalue weighted by Crippen LogP contribution is 2.16. The van der Waals surface area contributed by atoms with Crippen LogP contribution in [0.3, 0.4) is 0 Å². The number of benzene rings is 1. The number of nitro benzene ring substituents is 1. The van der Waals surface area contributed by atoms with Gasteiger partial charge in [0.2, 0.25) is 0 Å². The predicted molar refractivity (Wildman–Crippen MR) is 94.1 cm³/mol. The lowest BCUT2D eigenvalue weighted by atomic mass is 10.1. The molecule has 25 heavy (non-hydrogen) atoms. The Balaban J connectivity index is 1.56. The van der Waals surface area contributed by atoms with Gasteiger partial charge in [0.1, 0.15) is 0 Å². The van der Waals surface area contributed by atoms with Gasteiger partial charge in [-0.05, 0) is 17.5 Å². The van der Waals surface area contributed by atoms with E-state index in [4.69, 9.17) is 0 Å². The molecule has 1 amide bonds. The molecule has 1 fully saturated rings. The first kappa shape index (κ1) is 17.2. The zero-order valence-electron chi connectivity index (χ0n) is 13.5. The molecule has 130 valence electrons. The van der Waals surface area contributed by atoms with Crippen molar-refractivity contribution in [1.82, 2.24) is 9.80 Å². The lowest BCUT2D eigenvalue weighted by Gasteiger charge is -2.34. The highest BCUT2D eigenvalue weighted by molar-refractivity contribution is 7.12. The normalized spacial score (nSPS) is 15.1. The Morgan fingerprint density at radius 2 is 1.88 bits per heavy atom. The molecular weight excluding hydrogens is 342 g/mol. The Morgan fingerprint density at radius 1 is 1.12 bits per heavy atom. The van der Waals surface area contributed by atoms with E-state index in [1.54, 1.807) is 11.0 Å².